The lowest BCUT2D eigenvalue weighted by molar-refractivity contribution is -0.140. The van der Waals surface area contributed by atoms with Gasteiger partial charge in [0.2, 0.25) is 0 Å². The minimum absolute atomic E-state index is 0.0579. The topological polar surface area (TPSA) is 103 Å². The van der Waals surface area contributed by atoms with Crippen LogP contribution < -0.4 is 19.5 Å². The number of dihydropyridines is 1. The average Bonchev–Trinajstić information content (AvgIpc) is 2.91. The lowest BCUT2D eigenvalue weighted by atomic mass is 9.71. The van der Waals surface area contributed by atoms with Crippen molar-refractivity contribution in [3.05, 3.63) is 68.5 Å². The first-order chi connectivity index (χ1) is 18.6. The Bertz CT molecular complexity index is 1360. The van der Waals surface area contributed by atoms with Crippen LogP contribution in [0.3, 0.4) is 0 Å². The van der Waals surface area contributed by atoms with Gasteiger partial charge in [0.15, 0.2) is 28.8 Å². The van der Waals surface area contributed by atoms with E-state index < -0.39 is 11.9 Å². The molecule has 208 valence electrons. The molecule has 0 amide bonds. The van der Waals surface area contributed by atoms with Gasteiger partial charge in [-0.25, -0.2) is 4.79 Å². The van der Waals surface area contributed by atoms with Gasteiger partial charge in [0.25, 0.3) is 0 Å². The van der Waals surface area contributed by atoms with Crippen LogP contribution in [0.2, 0.25) is 0 Å². The molecule has 2 aromatic rings. The molecule has 0 bridgehead atoms. The summed E-state index contributed by atoms with van der Waals surface area (Å²) in [6, 6.07) is 9.08. The molecule has 2 N–H and O–H groups in total. The zero-order chi connectivity index (χ0) is 28.4. The van der Waals surface area contributed by atoms with Crippen molar-refractivity contribution in [2.45, 2.75) is 45.4 Å². The fourth-order valence-electron chi connectivity index (χ4n) is 5.22. The van der Waals surface area contributed by atoms with Gasteiger partial charge >= 0.3 is 5.97 Å². The van der Waals surface area contributed by atoms with Gasteiger partial charge in [-0.15, -0.1) is 0 Å². The van der Waals surface area contributed by atoms with E-state index in [4.69, 9.17) is 18.9 Å². The normalized spacial score (nSPS) is 19.0. The monoisotopic (exact) mass is 599 g/mol. The lowest BCUT2D eigenvalue weighted by Gasteiger charge is -2.37. The van der Waals surface area contributed by atoms with Gasteiger partial charge in [-0.3, -0.25) is 4.79 Å². The number of benzene rings is 2. The van der Waals surface area contributed by atoms with Crippen LogP contribution in [0.1, 0.15) is 56.6 Å². The molecular weight excluding hydrogens is 566 g/mol. The van der Waals surface area contributed by atoms with Gasteiger partial charge in [-0.1, -0.05) is 19.9 Å². The zero-order valence-electron chi connectivity index (χ0n) is 23.0. The molecule has 0 radical (unpaired) electrons. The third-order valence-corrected chi connectivity index (χ3v) is 7.68. The fourth-order valence-corrected chi connectivity index (χ4v) is 5.68. The highest BCUT2D eigenvalue weighted by Gasteiger charge is 2.42. The van der Waals surface area contributed by atoms with E-state index in [0.717, 1.165) is 11.3 Å². The second-order valence-electron chi connectivity index (χ2n) is 10.2. The van der Waals surface area contributed by atoms with Crippen LogP contribution in [0.15, 0.2) is 57.3 Å². The van der Waals surface area contributed by atoms with Gasteiger partial charge in [-0.2, -0.15) is 0 Å². The minimum atomic E-state index is -0.689. The molecule has 0 saturated carbocycles. The molecule has 2 atom stereocenters. The number of rotatable bonds is 8. The summed E-state index contributed by atoms with van der Waals surface area (Å²) >= 11 is 3.39. The maximum atomic E-state index is 13.9. The quantitative estimate of drug-likeness (QED) is 0.370. The summed E-state index contributed by atoms with van der Waals surface area (Å²) in [7, 11) is 4.62. The van der Waals surface area contributed by atoms with Crippen molar-refractivity contribution in [1.82, 2.24) is 5.32 Å². The Hall–Kier alpha value is -3.46. The Morgan fingerprint density at radius 1 is 1.03 bits per heavy atom. The van der Waals surface area contributed by atoms with Gasteiger partial charge in [-0.05, 0) is 76.5 Å². The molecule has 0 fully saturated rings. The Balaban J connectivity index is 1.81. The predicted molar refractivity (Wildman–Crippen MR) is 150 cm³/mol. The van der Waals surface area contributed by atoms with Crippen LogP contribution in [0.25, 0.3) is 0 Å². The summed E-state index contributed by atoms with van der Waals surface area (Å²) in [4.78, 5) is 27.3. The number of aromatic hydroxyl groups is 1. The van der Waals surface area contributed by atoms with E-state index in [9.17, 15) is 14.7 Å². The third kappa shape index (κ3) is 5.64. The Morgan fingerprint density at radius 2 is 1.69 bits per heavy atom. The molecule has 0 aromatic heterocycles. The molecule has 1 aliphatic heterocycles. The van der Waals surface area contributed by atoms with E-state index in [1.165, 1.54) is 7.11 Å². The maximum absolute atomic E-state index is 13.9. The zero-order valence-corrected chi connectivity index (χ0v) is 24.6. The standard InChI is InChI=1S/C30H34BrNO7/c1-15(2)14-39-30(35)26-16(3)32-21-10-18(17-7-8-23(36-4)24(12-17)37-5)11-22(33)28(21)27(26)19-9-20(31)29(34)25(13-19)38-6/h7-9,12-13,15,18,27,32,34H,10-11,14H2,1-6H3/t18-,27-/m0/s1. The fraction of sp³-hybridized carbons (Fsp3) is 0.400. The summed E-state index contributed by atoms with van der Waals surface area (Å²) in [6.45, 7) is 6.01. The highest BCUT2D eigenvalue weighted by Crippen LogP contribution is 2.48. The Morgan fingerprint density at radius 3 is 2.33 bits per heavy atom. The van der Waals surface area contributed by atoms with Gasteiger partial charge in [0.1, 0.15) is 0 Å². The number of hydrogen-bond acceptors (Lipinski definition) is 8. The van der Waals surface area contributed by atoms with Gasteiger partial charge in [0.05, 0.1) is 38.0 Å². The van der Waals surface area contributed by atoms with E-state index in [-0.39, 0.29) is 42.1 Å². The SMILES string of the molecule is COc1ccc([C@@H]2CC(=O)C3=C(C2)NC(C)=C(C(=O)OCC(C)C)[C@@H]3c2cc(Br)c(O)c(OC)c2)cc1OC. The lowest BCUT2D eigenvalue weighted by Crippen LogP contribution is -2.36. The molecule has 39 heavy (non-hydrogen) atoms. The molecule has 0 spiro atoms. The number of carbonyl (C=O) groups is 2. The largest absolute Gasteiger partial charge is 0.503 e. The van der Waals surface area contributed by atoms with Crippen LogP contribution in [0.4, 0.5) is 0 Å². The van der Waals surface area contributed by atoms with Crippen LogP contribution in [0, 0.1) is 5.92 Å². The number of phenolic OH excluding ortho intramolecular Hbond substituents is 1. The highest BCUT2D eigenvalue weighted by atomic mass is 79.9. The van der Waals surface area contributed by atoms with Gasteiger partial charge in [0, 0.05) is 29.3 Å². The molecule has 9 heteroatoms. The van der Waals surface area contributed by atoms with Crippen molar-refractivity contribution in [3.8, 4) is 23.0 Å². The average molecular weight is 601 g/mol. The molecule has 2 aliphatic rings. The number of Topliss-reactive ketones (excluding diaryl/α,β-unsaturated/α-hetero) is 1. The third-order valence-electron chi connectivity index (χ3n) is 7.08. The highest BCUT2D eigenvalue weighted by molar-refractivity contribution is 9.10. The van der Waals surface area contributed by atoms with E-state index >= 15 is 0 Å². The molecule has 0 saturated heterocycles. The summed E-state index contributed by atoms with van der Waals surface area (Å²) in [5.41, 5.74) is 3.87. The summed E-state index contributed by atoms with van der Waals surface area (Å²) in [5.74, 6) is 0.218. The number of halogens is 1. The number of phenols is 1. The van der Waals surface area contributed by atoms with E-state index in [1.807, 2.05) is 39.0 Å². The van der Waals surface area contributed by atoms with Crippen molar-refractivity contribution in [3.63, 3.8) is 0 Å². The number of allylic oxidation sites excluding steroid dienone is 3. The second-order valence-corrected chi connectivity index (χ2v) is 11.0. The van der Waals surface area contributed by atoms with Crippen molar-refractivity contribution < 1.29 is 33.6 Å². The smallest absolute Gasteiger partial charge is 0.336 e. The number of methoxy groups -OCH3 is 3. The van der Waals surface area contributed by atoms with Crippen LogP contribution in [-0.4, -0.2) is 44.8 Å². The van der Waals surface area contributed by atoms with Crippen molar-refractivity contribution in [1.29, 1.82) is 0 Å². The molecule has 2 aromatic carbocycles. The number of ether oxygens (including phenoxy) is 4. The van der Waals surface area contributed by atoms with Crippen molar-refractivity contribution >= 4 is 27.7 Å². The summed E-state index contributed by atoms with van der Waals surface area (Å²) in [6.07, 6.45) is 0.825. The van der Waals surface area contributed by atoms with Gasteiger partial charge < -0.3 is 29.4 Å². The molecule has 4 rings (SSSR count). The molecule has 8 nitrogen and oxygen atoms in total. The first kappa shape index (κ1) is 28.5. The Kier molecular flexibility index (Phi) is 8.59. The minimum Gasteiger partial charge on any atom is -0.503 e. The number of carbonyl (C=O) groups excluding carboxylic acids is 2. The molecule has 1 heterocycles. The second kappa shape index (κ2) is 11.7. The number of ketones is 1. The van der Waals surface area contributed by atoms with E-state index in [0.29, 0.717) is 44.8 Å². The number of nitrogens with one attached hydrogen (secondary N) is 1. The van der Waals surface area contributed by atoms with E-state index in [1.54, 1.807) is 26.4 Å². The van der Waals surface area contributed by atoms with Crippen LogP contribution in [0.5, 0.6) is 23.0 Å². The van der Waals surface area contributed by atoms with E-state index in [2.05, 4.69) is 21.2 Å². The molecule has 0 unspecified atom stereocenters. The first-order valence-electron chi connectivity index (χ1n) is 12.8. The van der Waals surface area contributed by atoms with Crippen molar-refractivity contribution in [2.75, 3.05) is 27.9 Å². The maximum Gasteiger partial charge on any atom is 0.336 e. The molecular formula is C30H34BrNO7. The number of hydrogen-bond donors (Lipinski definition) is 2. The predicted octanol–water partition coefficient (Wildman–Crippen LogP) is 5.74. The molecule has 1 aliphatic carbocycles. The Labute approximate surface area is 237 Å². The van der Waals surface area contributed by atoms with Crippen molar-refractivity contribution in [2.24, 2.45) is 5.92 Å². The first-order valence-corrected chi connectivity index (χ1v) is 13.6. The number of esters is 1. The summed E-state index contributed by atoms with van der Waals surface area (Å²) < 4.78 is 22.3. The van der Waals surface area contributed by atoms with Crippen LogP contribution >= 0.6 is 15.9 Å². The summed E-state index contributed by atoms with van der Waals surface area (Å²) in [5, 5.41) is 13.8. The van der Waals surface area contributed by atoms with Crippen LogP contribution in [-0.2, 0) is 14.3 Å².